The van der Waals surface area contributed by atoms with Crippen LogP contribution < -0.4 is 11.1 Å². The van der Waals surface area contributed by atoms with Gasteiger partial charge < -0.3 is 11.1 Å². The highest BCUT2D eigenvalue weighted by atomic mass is 35.5. The third-order valence-corrected chi connectivity index (χ3v) is 3.26. The number of anilines is 1. The molecule has 1 amide bonds. The number of nitrogens with two attached hydrogens (primary N) is 1. The van der Waals surface area contributed by atoms with Crippen LogP contribution in [-0.2, 0) is 17.8 Å². The van der Waals surface area contributed by atoms with E-state index in [1.165, 1.54) is 12.1 Å². The van der Waals surface area contributed by atoms with Crippen molar-refractivity contribution in [2.24, 2.45) is 5.73 Å². The molecule has 0 saturated carbocycles. The Kier molecular flexibility index (Phi) is 4.71. The van der Waals surface area contributed by atoms with Gasteiger partial charge in [-0.15, -0.1) is 0 Å². The van der Waals surface area contributed by atoms with Crippen molar-refractivity contribution in [3.8, 4) is 0 Å². The Bertz CT molecular complexity index is 611. The van der Waals surface area contributed by atoms with Crippen molar-refractivity contribution in [1.29, 1.82) is 0 Å². The fourth-order valence-corrected chi connectivity index (χ4v) is 2.11. The van der Waals surface area contributed by atoms with Gasteiger partial charge in [0, 0.05) is 22.8 Å². The van der Waals surface area contributed by atoms with E-state index in [4.69, 9.17) is 17.3 Å². The summed E-state index contributed by atoms with van der Waals surface area (Å²) < 4.78 is 13.6. The second-order valence-electron chi connectivity index (χ2n) is 4.29. The maximum Gasteiger partial charge on any atom is 0.228 e. The zero-order valence-corrected chi connectivity index (χ0v) is 11.5. The summed E-state index contributed by atoms with van der Waals surface area (Å²) in [7, 11) is 0. The molecule has 2 rings (SSSR count). The van der Waals surface area contributed by atoms with E-state index in [0.717, 1.165) is 5.56 Å². The molecule has 0 aliphatic heterocycles. The van der Waals surface area contributed by atoms with Gasteiger partial charge in [0.15, 0.2) is 0 Å². The number of carbonyl (C=O) groups excluding carboxylic acids is 1. The Morgan fingerprint density at radius 2 is 1.95 bits per heavy atom. The standard InChI is InChI=1S/C15H14ClFN2O/c16-12-5-3-6-13(17)11(12)8-15(20)19-14-7-2-1-4-10(14)9-18/h1-7H,8-9,18H2,(H,19,20). The van der Waals surface area contributed by atoms with Gasteiger partial charge in [-0.3, -0.25) is 4.79 Å². The number of carbonyl (C=O) groups is 1. The van der Waals surface area contributed by atoms with Crippen LogP contribution in [0.5, 0.6) is 0 Å². The van der Waals surface area contributed by atoms with E-state index in [-0.39, 0.29) is 22.9 Å². The maximum atomic E-state index is 13.6. The first-order chi connectivity index (χ1) is 9.61. The van der Waals surface area contributed by atoms with Crippen LogP contribution >= 0.6 is 11.6 Å². The Morgan fingerprint density at radius 1 is 1.20 bits per heavy atom. The predicted octanol–water partition coefficient (Wildman–Crippen LogP) is 3.12. The van der Waals surface area contributed by atoms with Crippen molar-refractivity contribution in [3.63, 3.8) is 0 Å². The fourth-order valence-electron chi connectivity index (χ4n) is 1.88. The molecule has 104 valence electrons. The molecule has 3 N–H and O–H groups in total. The highest BCUT2D eigenvalue weighted by Gasteiger charge is 2.12. The summed E-state index contributed by atoms with van der Waals surface area (Å²) in [5.41, 5.74) is 7.24. The van der Waals surface area contributed by atoms with E-state index in [9.17, 15) is 9.18 Å². The summed E-state index contributed by atoms with van der Waals surface area (Å²) in [6.07, 6.45) is -0.121. The molecule has 2 aromatic carbocycles. The Hall–Kier alpha value is -1.91. The molecule has 20 heavy (non-hydrogen) atoms. The molecule has 3 nitrogen and oxygen atoms in total. The largest absolute Gasteiger partial charge is 0.326 e. The van der Waals surface area contributed by atoms with E-state index in [1.807, 2.05) is 12.1 Å². The summed E-state index contributed by atoms with van der Waals surface area (Å²) in [6.45, 7) is 0.316. The first kappa shape index (κ1) is 14.5. The second kappa shape index (κ2) is 6.50. The van der Waals surface area contributed by atoms with Gasteiger partial charge in [-0.2, -0.15) is 0 Å². The number of halogens is 2. The SMILES string of the molecule is NCc1ccccc1NC(=O)Cc1c(F)cccc1Cl. The molecule has 0 aliphatic carbocycles. The zero-order chi connectivity index (χ0) is 14.5. The quantitative estimate of drug-likeness (QED) is 0.910. The van der Waals surface area contributed by atoms with Crippen LogP contribution in [0.25, 0.3) is 0 Å². The molecule has 0 bridgehead atoms. The van der Waals surface area contributed by atoms with Gasteiger partial charge >= 0.3 is 0 Å². The fraction of sp³-hybridized carbons (Fsp3) is 0.133. The molecule has 5 heteroatoms. The van der Waals surface area contributed by atoms with Crippen LogP contribution in [0.4, 0.5) is 10.1 Å². The minimum Gasteiger partial charge on any atom is -0.326 e. The summed E-state index contributed by atoms with van der Waals surface area (Å²) in [4.78, 5) is 12.0. The summed E-state index contributed by atoms with van der Waals surface area (Å²) in [5.74, 6) is -0.822. The topological polar surface area (TPSA) is 55.1 Å². The van der Waals surface area contributed by atoms with Crippen LogP contribution in [0.3, 0.4) is 0 Å². The second-order valence-corrected chi connectivity index (χ2v) is 4.69. The van der Waals surface area contributed by atoms with E-state index in [0.29, 0.717) is 12.2 Å². The molecule has 0 fully saturated rings. The van der Waals surface area contributed by atoms with Gasteiger partial charge in [0.2, 0.25) is 5.91 Å². The van der Waals surface area contributed by atoms with Gasteiger partial charge in [0.25, 0.3) is 0 Å². The number of nitrogens with one attached hydrogen (secondary N) is 1. The molecular weight excluding hydrogens is 279 g/mol. The first-order valence-corrected chi connectivity index (χ1v) is 6.50. The van der Waals surface area contributed by atoms with Crippen LogP contribution in [0.2, 0.25) is 5.02 Å². The highest BCUT2D eigenvalue weighted by molar-refractivity contribution is 6.31. The highest BCUT2D eigenvalue weighted by Crippen LogP contribution is 2.20. The molecule has 0 atom stereocenters. The van der Waals surface area contributed by atoms with Crippen LogP contribution in [0.15, 0.2) is 42.5 Å². The minimum atomic E-state index is -0.486. The average molecular weight is 293 g/mol. The lowest BCUT2D eigenvalue weighted by Gasteiger charge is -2.10. The molecule has 0 saturated heterocycles. The molecule has 0 aromatic heterocycles. The summed E-state index contributed by atoms with van der Waals surface area (Å²) >= 11 is 5.90. The van der Waals surface area contributed by atoms with Crippen LogP contribution in [-0.4, -0.2) is 5.91 Å². The summed E-state index contributed by atoms with van der Waals surface area (Å²) in [6, 6.07) is 11.6. The lowest BCUT2D eigenvalue weighted by Crippen LogP contribution is -2.17. The number of hydrogen-bond donors (Lipinski definition) is 2. The van der Waals surface area contributed by atoms with Gasteiger partial charge in [-0.1, -0.05) is 35.9 Å². The van der Waals surface area contributed by atoms with Crippen LogP contribution in [0, 0.1) is 5.82 Å². The van der Waals surface area contributed by atoms with E-state index < -0.39 is 5.82 Å². The van der Waals surface area contributed by atoms with Crippen molar-refractivity contribution < 1.29 is 9.18 Å². The molecule has 0 aliphatic rings. The third-order valence-electron chi connectivity index (χ3n) is 2.91. The smallest absolute Gasteiger partial charge is 0.228 e. The normalized spacial score (nSPS) is 10.3. The maximum absolute atomic E-state index is 13.6. The van der Waals surface area contributed by atoms with E-state index in [1.54, 1.807) is 18.2 Å². The number of para-hydroxylation sites is 1. The van der Waals surface area contributed by atoms with Gasteiger partial charge in [0.05, 0.1) is 6.42 Å². The lowest BCUT2D eigenvalue weighted by molar-refractivity contribution is -0.115. The van der Waals surface area contributed by atoms with Crippen molar-refractivity contribution in [2.45, 2.75) is 13.0 Å². The van der Waals surface area contributed by atoms with Crippen LogP contribution in [0.1, 0.15) is 11.1 Å². The van der Waals surface area contributed by atoms with Crippen molar-refractivity contribution in [3.05, 3.63) is 64.4 Å². The Balaban J connectivity index is 2.13. The number of rotatable bonds is 4. The molecular formula is C15H14ClFN2O. The van der Waals surface area contributed by atoms with Gasteiger partial charge in [-0.05, 0) is 23.8 Å². The lowest BCUT2D eigenvalue weighted by atomic mass is 10.1. The zero-order valence-electron chi connectivity index (χ0n) is 10.7. The predicted molar refractivity (Wildman–Crippen MR) is 78.1 cm³/mol. The molecule has 0 unspecified atom stereocenters. The Morgan fingerprint density at radius 3 is 2.65 bits per heavy atom. The third kappa shape index (κ3) is 3.35. The molecule has 0 spiro atoms. The summed E-state index contributed by atoms with van der Waals surface area (Å²) in [5, 5.41) is 2.96. The van der Waals surface area contributed by atoms with Crippen molar-refractivity contribution >= 4 is 23.2 Å². The number of amides is 1. The van der Waals surface area contributed by atoms with Crippen molar-refractivity contribution in [2.75, 3.05) is 5.32 Å². The van der Waals surface area contributed by atoms with Crippen molar-refractivity contribution in [1.82, 2.24) is 0 Å². The molecule has 2 aromatic rings. The first-order valence-electron chi connectivity index (χ1n) is 6.12. The average Bonchev–Trinajstić information content (AvgIpc) is 2.44. The van der Waals surface area contributed by atoms with E-state index in [2.05, 4.69) is 5.32 Å². The Labute approximate surface area is 121 Å². The number of hydrogen-bond acceptors (Lipinski definition) is 2. The number of benzene rings is 2. The minimum absolute atomic E-state index is 0.121. The monoisotopic (exact) mass is 292 g/mol. The molecule has 0 radical (unpaired) electrons. The molecule has 0 heterocycles. The van der Waals surface area contributed by atoms with Gasteiger partial charge in [-0.25, -0.2) is 4.39 Å². The van der Waals surface area contributed by atoms with Gasteiger partial charge in [0.1, 0.15) is 5.82 Å². The van der Waals surface area contributed by atoms with E-state index >= 15 is 0 Å².